The summed E-state index contributed by atoms with van der Waals surface area (Å²) < 4.78 is 0. The van der Waals surface area contributed by atoms with Gasteiger partial charge in [0.15, 0.2) is 11.5 Å². The predicted octanol–water partition coefficient (Wildman–Crippen LogP) is 1.73. The van der Waals surface area contributed by atoms with E-state index >= 15 is 0 Å². The highest BCUT2D eigenvalue weighted by Crippen LogP contribution is 2.07. The Morgan fingerprint density at radius 2 is 2.29 bits per heavy atom. The zero-order chi connectivity index (χ0) is 10.4. The van der Waals surface area contributed by atoms with Crippen molar-refractivity contribution >= 4 is 5.82 Å². The van der Waals surface area contributed by atoms with Crippen molar-refractivity contribution in [3.63, 3.8) is 0 Å². The summed E-state index contributed by atoms with van der Waals surface area (Å²) in [4.78, 5) is 7.90. The van der Waals surface area contributed by atoms with Crippen molar-refractivity contribution in [2.24, 2.45) is 0 Å². The molecule has 0 unspecified atom stereocenters. The number of hydrogen-bond donors (Lipinski definition) is 1. The number of nitrogens with zero attached hydrogens (tertiary/aromatic N) is 3. The lowest BCUT2D eigenvalue weighted by molar-refractivity contribution is 1.03. The first-order valence-electron chi connectivity index (χ1n) is 4.39. The molecule has 0 amide bonds. The average Bonchev–Trinajstić information content (AvgIpc) is 2.26. The fourth-order valence-electron chi connectivity index (χ4n) is 0.883. The van der Waals surface area contributed by atoms with E-state index in [1.54, 1.807) is 6.20 Å². The fraction of sp³-hybridized carbons (Fsp3) is 0.300. The monoisotopic (exact) mass is 188 g/mol. The Balaban J connectivity index is 2.68. The van der Waals surface area contributed by atoms with Gasteiger partial charge in [-0.2, -0.15) is 5.26 Å². The van der Waals surface area contributed by atoms with Gasteiger partial charge in [-0.15, -0.1) is 0 Å². The molecular weight excluding hydrogens is 176 g/mol. The lowest BCUT2D eigenvalue weighted by Crippen LogP contribution is -2.07. The third-order valence-corrected chi connectivity index (χ3v) is 1.81. The summed E-state index contributed by atoms with van der Waals surface area (Å²) in [6.07, 6.45) is 3.96. The zero-order valence-corrected chi connectivity index (χ0v) is 8.12. The Labute approximate surface area is 83.3 Å². The molecule has 0 saturated carbocycles. The molecule has 14 heavy (non-hydrogen) atoms. The van der Waals surface area contributed by atoms with Crippen LogP contribution in [0.3, 0.4) is 0 Å². The highest BCUT2D eigenvalue weighted by molar-refractivity contribution is 5.47. The van der Waals surface area contributed by atoms with Crippen LogP contribution in [0.4, 0.5) is 5.82 Å². The SMILES string of the molecule is C=C(CC)CNc1nccnc1C#N. The van der Waals surface area contributed by atoms with Crippen molar-refractivity contribution in [2.45, 2.75) is 13.3 Å². The number of aromatic nitrogens is 2. The van der Waals surface area contributed by atoms with E-state index in [1.165, 1.54) is 6.20 Å². The van der Waals surface area contributed by atoms with Gasteiger partial charge in [-0.3, -0.25) is 0 Å². The van der Waals surface area contributed by atoms with Crippen molar-refractivity contribution in [1.82, 2.24) is 9.97 Å². The molecule has 72 valence electrons. The van der Waals surface area contributed by atoms with Gasteiger partial charge in [0.2, 0.25) is 0 Å². The molecule has 1 rings (SSSR count). The van der Waals surface area contributed by atoms with E-state index in [1.807, 2.05) is 13.0 Å². The number of rotatable bonds is 4. The van der Waals surface area contributed by atoms with Gasteiger partial charge in [-0.1, -0.05) is 19.1 Å². The Hall–Kier alpha value is -1.89. The van der Waals surface area contributed by atoms with Gasteiger partial charge in [-0.05, 0) is 6.42 Å². The van der Waals surface area contributed by atoms with E-state index in [9.17, 15) is 0 Å². The number of hydrogen-bond acceptors (Lipinski definition) is 4. The molecule has 4 heteroatoms. The lowest BCUT2D eigenvalue weighted by Gasteiger charge is -2.06. The van der Waals surface area contributed by atoms with Crippen LogP contribution in [-0.4, -0.2) is 16.5 Å². The van der Waals surface area contributed by atoms with Gasteiger partial charge >= 0.3 is 0 Å². The molecule has 1 aromatic heterocycles. The van der Waals surface area contributed by atoms with E-state index < -0.39 is 0 Å². The maximum Gasteiger partial charge on any atom is 0.182 e. The summed E-state index contributed by atoms with van der Waals surface area (Å²) in [5.74, 6) is 0.518. The Kier molecular flexibility index (Phi) is 3.62. The molecule has 1 N–H and O–H groups in total. The quantitative estimate of drug-likeness (QED) is 0.731. The van der Waals surface area contributed by atoms with Crippen molar-refractivity contribution < 1.29 is 0 Å². The van der Waals surface area contributed by atoms with E-state index in [0.29, 0.717) is 18.1 Å². The highest BCUT2D eigenvalue weighted by Gasteiger charge is 2.02. The highest BCUT2D eigenvalue weighted by atomic mass is 15.0. The first-order chi connectivity index (χ1) is 6.77. The van der Waals surface area contributed by atoms with Crippen LogP contribution in [0.25, 0.3) is 0 Å². The molecule has 0 aliphatic rings. The van der Waals surface area contributed by atoms with Crippen LogP contribution in [0.5, 0.6) is 0 Å². The van der Waals surface area contributed by atoms with E-state index in [-0.39, 0.29) is 0 Å². The summed E-state index contributed by atoms with van der Waals surface area (Å²) >= 11 is 0. The van der Waals surface area contributed by atoms with Gasteiger partial charge in [0.1, 0.15) is 6.07 Å². The molecule has 0 aliphatic carbocycles. The molecule has 0 saturated heterocycles. The third kappa shape index (κ3) is 2.56. The number of anilines is 1. The van der Waals surface area contributed by atoms with Crippen LogP contribution in [0, 0.1) is 11.3 Å². The molecule has 1 heterocycles. The summed E-state index contributed by atoms with van der Waals surface area (Å²) in [5, 5.41) is 11.7. The van der Waals surface area contributed by atoms with Crippen molar-refractivity contribution in [3.05, 3.63) is 30.2 Å². The number of nitrogens with one attached hydrogen (secondary N) is 1. The number of nitriles is 1. The molecule has 0 radical (unpaired) electrons. The summed E-state index contributed by atoms with van der Waals surface area (Å²) in [5.41, 5.74) is 1.39. The smallest absolute Gasteiger partial charge is 0.182 e. The fourth-order valence-corrected chi connectivity index (χ4v) is 0.883. The van der Waals surface area contributed by atoms with Crippen molar-refractivity contribution in [1.29, 1.82) is 5.26 Å². The van der Waals surface area contributed by atoms with Gasteiger partial charge in [0, 0.05) is 18.9 Å². The van der Waals surface area contributed by atoms with Crippen LogP contribution >= 0.6 is 0 Å². The van der Waals surface area contributed by atoms with Crippen molar-refractivity contribution in [3.8, 4) is 6.07 Å². The minimum absolute atomic E-state index is 0.316. The molecule has 0 atom stereocenters. The molecule has 1 aromatic rings. The maximum absolute atomic E-state index is 8.73. The second kappa shape index (κ2) is 4.97. The van der Waals surface area contributed by atoms with Crippen LogP contribution in [-0.2, 0) is 0 Å². The first-order valence-corrected chi connectivity index (χ1v) is 4.39. The second-order valence-corrected chi connectivity index (χ2v) is 2.82. The van der Waals surface area contributed by atoms with Gasteiger partial charge in [-0.25, -0.2) is 9.97 Å². The maximum atomic E-state index is 8.73. The van der Waals surface area contributed by atoms with Gasteiger partial charge in [0.05, 0.1) is 0 Å². The summed E-state index contributed by atoms with van der Waals surface area (Å²) in [7, 11) is 0. The molecule has 4 nitrogen and oxygen atoms in total. The molecule has 0 bridgehead atoms. The molecule has 0 fully saturated rings. The molecular formula is C10H12N4. The predicted molar refractivity (Wildman–Crippen MR) is 54.7 cm³/mol. The minimum atomic E-state index is 0.316. The third-order valence-electron chi connectivity index (χ3n) is 1.81. The van der Waals surface area contributed by atoms with Crippen LogP contribution in [0.2, 0.25) is 0 Å². The van der Waals surface area contributed by atoms with Crippen LogP contribution in [0.15, 0.2) is 24.5 Å². The average molecular weight is 188 g/mol. The zero-order valence-electron chi connectivity index (χ0n) is 8.12. The van der Waals surface area contributed by atoms with Crippen molar-refractivity contribution in [2.75, 3.05) is 11.9 Å². The Morgan fingerprint density at radius 3 is 2.93 bits per heavy atom. The standard InChI is InChI=1S/C10H12N4/c1-3-8(2)7-14-10-9(6-11)12-4-5-13-10/h4-5H,2-3,7H2,1H3,(H,13,14). The minimum Gasteiger partial charge on any atom is -0.364 e. The van der Waals surface area contributed by atoms with Crippen LogP contribution in [0.1, 0.15) is 19.0 Å². The molecule has 0 spiro atoms. The normalized spacial score (nSPS) is 9.14. The Morgan fingerprint density at radius 1 is 1.57 bits per heavy atom. The second-order valence-electron chi connectivity index (χ2n) is 2.82. The van der Waals surface area contributed by atoms with E-state index in [4.69, 9.17) is 5.26 Å². The molecule has 0 aromatic carbocycles. The summed E-state index contributed by atoms with van der Waals surface area (Å²) in [6.45, 7) is 6.51. The summed E-state index contributed by atoms with van der Waals surface area (Å²) in [6, 6.07) is 1.97. The van der Waals surface area contributed by atoms with Gasteiger partial charge in [0.25, 0.3) is 0 Å². The molecule has 0 aliphatic heterocycles. The van der Waals surface area contributed by atoms with E-state index in [0.717, 1.165) is 12.0 Å². The first kappa shape index (κ1) is 10.2. The Bertz CT molecular complexity index is 365. The lowest BCUT2D eigenvalue weighted by atomic mass is 10.2. The van der Waals surface area contributed by atoms with Crippen LogP contribution < -0.4 is 5.32 Å². The van der Waals surface area contributed by atoms with E-state index in [2.05, 4.69) is 21.9 Å². The topological polar surface area (TPSA) is 61.6 Å². The largest absolute Gasteiger partial charge is 0.364 e. The van der Waals surface area contributed by atoms with Gasteiger partial charge < -0.3 is 5.32 Å².